The van der Waals surface area contributed by atoms with E-state index in [2.05, 4.69) is 4.98 Å². The van der Waals surface area contributed by atoms with Gasteiger partial charge in [0, 0.05) is 30.6 Å². The summed E-state index contributed by atoms with van der Waals surface area (Å²) in [6, 6.07) is 10.4. The maximum Gasteiger partial charge on any atom is 0.294 e. The zero-order valence-corrected chi connectivity index (χ0v) is 14.9. The summed E-state index contributed by atoms with van der Waals surface area (Å²) >= 11 is 0. The van der Waals surface area contributed by atoms with E-state index < -0.39 is 4.92 Å². The van der Waals surface area contributed by atoms with Crippen LogP contribution >= 0.6 is 0 Å². The monoisotopic (exact) mass is 380 g/mol. The van der Waals surface area contributed by atoms with Crippen molar-refractivity contribution in [2.45, 2.75) is 18.9 Å². The first-order chi connectivity index (χ1) is 13.5. The van der Waals surface area contributed by atoms with Crippen LogP contribution in [-0.4, -0.2) is 31.8 Å². The van der Waals surface area contributed by atoms with Gasteiger partial charge in [-0.05, 0) is 42.7 Å². The van der Waals surface area contributed by atoms with E-state index in [1.165, 1.54) is 35.3 Å². The van der Waals surface area contributed by atoms with Crippen molar-refractivity contribution in [1.29, 1.82) is 0 Å². The molecule has 28 heavy (non-hydrogen) atoms. The first-order valence-electron chi connectivity index (χ1n) is 8.88. The second-order valence-electron chi connectivity index (χ2n) is 6.64. The van der Waals surface area contributed by atoms with Crippen molar-refractivity contribution < 1.29 is 14.1 Å². The van der Waals surface area contributed by atoms with Crippen LogP contribution in [0.15, 0.2) is 61.2 Å². The third-order valence-corrected chi connectivity index (χ3v) is 4.97. The van der Waals surface area contributed by atoms with Gasteiger partial charge >= 0.3 is 0 Å². The minimum absolute atomic E-state index is 0.165. The number of aromatic nitrogens is 2. The molecule has 3 aromatic rings. The number of amides is 1. The summed E-state index contributed by atoms with van der Waals surface area (Å²) in [4.78, 5) is 29.7. The van der Waals surface area contributed by atoms with E-state index in [9.17, 15) is 19.3 Å². The Bertz CT molecular complexity index is 1020. The Kier molecular flexibility index (Phi) is 4.60. The van der Waals surface area contributed by atoms with E-state index in [1.807, 2.05) is 0 Å². The molecule has 1 aliphatic heterocycles. The SMILES string of the molecule is O=C(c1ccc(-n2ccnc2)c([N+](=O)[O-])c1)N1CCCC1c1ccc(F)cc1. The fourth-order valence-corrected chi connectivity index (χ4v) is 3.63. The molecule has 142 valence electrons. The Labute approximate surface area is 160 Å². The second-order valence-corrected chi connectivity index (χ2v) is 6.64. The molecular formula is C20H17FN4O3. The quantitative estimate of drug-likeness (QED) is 0.508. The van der Waals surface area contributed by atoms with Crippen LogP contribution in [0, 0.1) is 15.9 Å². The largest absolute Gasteiger partial charge is 0.332 e. The van der Waals surface area contributed by atoms with Crippen molar-refractivity contribution in [1.82, 2.24) is 14.5 Å². The zero-order chi connectivity index (χ0) is 19.7. The van der Waals surface area contributed by atoms with Gasteiger partial charge in [-0.15, -0.1) is 0 Å². The molecule has 1 fully saturated rings. The highest BCUT2D eigenvalue weighted by molar-refractivity contribution is 5.95. The molecule has 1 aromatic heterocycles. The van der Waals surface area contributed by atoms with Crippen LogP contribution in [0.3, 0.4) is 0 Å². The number of halogens is 1. The van der Waals surface area contributed by atoms with Crippen LogP contribution in [0.2, 0.25) is 0 Å². The zero-order valence-electron chi connectivity index (χ0n) is 14.9. The van der Waals surface area contributed by atoms with Gasteiger partial charge in [0.05, 0.1) is 17.3 Å². The molecule has 0 spiro atoms. The number of carbonyl (C=O) groups is 1. The first kappa shape index (κ1) is 17.8. The molecule has 4 rings (SSSR count). The molecule has 1 aliphatic rings. The smallest absolute Gasteiger partial charge is 0.294 e. The van der Waals surface area contributed by atoms with Crippen LogP contribution in [0.4, 0.5) is 10.1 Å². The lowest BCUT2D eigenvalue weighted by atomic mass is 10.0. The number of nitrogens with zero attached hydrogens (tertiary/aromatic N) is 4. The Morgan fingerprint density at radius 2 is 2.00 bits per heavy atom. The van der Waals surface area contributed by atoms with Gasteiger partial charge in [0.1, 0.15) is 11.5 Å². The molecule has 1 saturated heterocycles. The molecule has 0 radical (unpaired) electrons. The van der Waals surface area contributed by atoms with E-state index in [-0.39, 0.29) is 29.0 Å². The summed E-state index contributed by atoms with van der Waals surface area (Å²) in [7, 11) is 0. The molecule has 2 heterocycles. The maximum atomic E-state index is 13.2. The normalized spacial score (nSPS) is 16.3. The highest BCUT2D eigenvalue weighted by Crippen LogP contribution is 2.34. The van der Waals surface area contributed by atoms with Crippen molar-refractivity contribution in [3.8, 4) is 5.69 Å². The minimum atomic E-state index is -0.506. The van der Waals surface area contributed by atoms with E-state index in [0.717, 1.165) is 18.4 Å². The lowest BCUT2D eigenvalue weighted by molar-refractivity contribution is -0.384. The van der Waals surface area contributed by atoms with Gasteiger partial charge in [0.2, 0.25) is 0 Å². The van der Waals surface area contributed by atoms with Crippen LogP contribution in [0.5, 0.6) is 0 Å². The molecule has 1 atom stereocenters. The topological polar surface area (TPSA) is 81.3 Å². The molecule has 0 N–H and O–H groups in total. The lowest BCUT2D eigenvalue weighted by Crippen LogP contribution is -2.30. The van der Waals surface area contributed by atoms with Crippen LogP contribution in [0.1, 0.15) is 34.8 Å². The third kappa shape index (κ3) is 3.24. The number of benzene rings is 2. The maximum absolute atomic E-state index is 13.2. The van der Waals surface area contributed by atoms with Crippen LogP contribution in [-0.2, 0) is 0 Å². The van der Waals surface area contributed by atoms with Gasteiger partial charge in [-0.25, -0.2) is 9.37 Å². The van der Waals surface area contributed by atoms with Gasteiger partial charge in [0.15, 0.2) is 0 Å². The number of likely N-dealkylation sites (tertiary alicyclic amines) is 1. The van der Waals surface area contributed by atoms with Gasteiger partial charge in [-0.2, -0.15) is 0 Å². The molecule has 1 amide bonds. The minimum Gasteiger partial charge on any atom is -0.332 e. The number of imidazole rings is 1. The number of nitro groups is 1. The van der Waals surface area contributed by atoms with E-state index >= 15 is 0 Å². The Hall–Kier alpha value is -3.55. The molecule has 1 unspecified atom stereocenters. The van der Waals surface area contributed by atoms with Crippen molar-refractivity contribution in [3.63, 3.8) is 0 Å². The highest BCUT2D eigenvalue weighted by atomic mass is 19.1. The third-order valence-electron chi connectivity index (χ3n) is 4.97. The summed E-state index contributed by atoms with van der Waals surface area (Å²) in [6.45, 7) is 0.554. The summed E-state index contributed by atoms with van der Waals surface area (Å²) in [5, 5.41) is 11.5. The lowest BCUT2D eigenvalue weighted by Gasteiger charge is -2.25. The molecule has 7 nitrogen and oxygen atoms in total. The summed E-state index contributed by atoms with van der Waals surface area (Å²) < 4.78 is 14.7. The van der Waals surface area contributed by atoms with E-state index in [1.54, 1.807) is 35.4 Å². The Morgan fingerprint density at radius 1 is 1.21 bits per heavy atom. The molecule has 0 aliphatic carbocycles. The van der Waals surface area contributed by atoms with Crippen molar-refractivity contribution in [2.75, 3.05) is 6.54 Å². The first-order valence-corrected chi connectivity index (χ1v) is 8.88. The molecular weight excluding hydrogens is 363 g/mol. The predicted octanol–water partition coefficient (Wildman–Crippen LogP) is 3.90. The average Bonchev–Trinajstić information content (AvgIpc) is 3.39. The fourth-order valence-electron chi connectivity index (χ4n) is 3.63. The van der Waals surface area contributed by atoms with Crippen molar-refractivity contribution in [2.24, 2.45) is 0 Å². The average molecular weight is 380 g/mol. The van der Waals surface area contributed by atoms with E-state index in [4.69, 9.17) is 0 Å². The molecule has 2 aromatic carbocycles. The summed E-state index contributed by atoms with van der Waals surface area (Å²) in [5.74, 6) is -0.600. The van der Waals surface area contributed by atoms with Gasteiger partial charge in [0.25, 0.3) is 11.6 Å². The van der Waals surface area contributed by atoms with Crippen LogP contribution in [0.25, 0.3) is 5.69 Å². The Balaban J connectivity index is 1.66. The standard InChI is InChI=1S/C20H17FN4O3/c21-16-6-3-14(4-7-16)17-2-1-10-24(17)20(26)15-5-8-18(19(12-15)25(27)28)23-11-9-22-13-23/h3-9,11-13,17H,1-2,10H2. The molecule has 0 saturated carbocycles. The Morgan fingerprint density at radius 3 is 2.68 bits per heavy atom. The summed E-state index contributed by atoms with van der Waals surface area (Å²) in [6.07, 6.45) is 6.19. The van der Waals surface area contributed by atoms with Gasteiger partial charge < -0.3 is 9.47 Å². The number of rotatable bonds is 4. The van der Waals surface area contributed by atoms with Crippen LogP contribution < -0.4 is 0 Å². The van der Waals surface area contributed by atoms with E-state index in [0.29, 0.717) is 12.2 Å². The highest BCUT2D eigenvalue weighted by Gasteiger charge is 2.31. The molecule has 8 heteroatoms. The fraction of sp³-hybridized carbons (Fsp3) is 0.200. The van der Waals surface area contributed by atoms with Gasteiger partial charge in [-0.3, -0.25) is 14.9 Å². The second kappa shape index (κ2) is 7.22. The number of carbonyl (C=O) groups excluding carboxylic acids is 1. The summed E-state index contributed by atoms with van der Waals surface area (Å²) in [5.41, 5.74) is 1.29. The number of hydrogen-bond donors (Lipinski definition) is 0. The molecule has 0 bridgehead atoms. The van der Waals surface area contributed by atoms with Gasteiger partial charge in [-0.1, -0.05) is 12.1 Å². The number of hydrogen-bond acceptors (Lipinski definition) is 4. The predicted molar refractivity (Wildman–Crippen MR) is 99.6 cm³/mol. The van der Waals surface area contributed by atoms with Crippen molar-refractivity contribution in [3.05, 3.63) is 88.2 Å². The number of nitro benzene ring substituents is 1. The van der Waals surface area contributed by atoms with Crippen molar-refractivity contribution >= 4 is 11.6 Å².